The van der Waals surface area contributed by atoms with Crippen molar-refractivity contribution in [3.8, 4) is 0 Å². The lowest BCUT2D eigenvalue weighted by Crippen LogP contribution is -2.43. The SMILES string of the molecule is C1=CC(C2=NC(C3=CCC(C4=CCC(C5CC=C(C6=CC=C(C7CC=CCC7)CC6)CC5)C5=CCCC=C45)C=C3)NC(C3C=CCCC3)=N2)=CCC1. The molecule has 0 saturated heterocycles. The van der Waals surface area contributed by atoms with Gasteiger partial charge in [-0.1, -0.05) is 103 Å². The van der Waals surface area contributed by atoms with E-state index in [9.17, 15) is 0 Å². The Kier molecular flexibility index (Phi) is 10.1. The monoisotopic (exact) mass is 687 g/mol. The molecule has 0 bridgehead atoms. The minimum Gasteiger partial charge on any atom is -0.348 e. The van der Waals surface area contributed by atoms with Crippen LogP contribution in [0.25, 0.3) is 0 Å². The fraction of sp³-hybridized carbons (Fsp3) is 0.469. The number of nitrogens with zero attached hydrogens (tertiary/aromatic N) is 2. The Morgan fingerprint density at radius 1 is 0.615 bits per heavy atom. The highest BCUT2D eigenvalue weighted by Crippen LogP contribution is 2.48. The van der Waals surface area contributed by atoms with Crippen molar-refractivity contribution in [2.75, 3.05) is 0 Å². The van der Waals surface area contributed by atoms with Crippen molar-refractivity contribution in [3.05, 3.63) is 142 Å². The summed E-state index contributed by atoms with van der Waals surface area (Å²) in [6, 6.07) is 0. The summed E-state index contributed by atoms with van der Waals surface area (Å²) in [5.41, 5.74) is 12.2. The van der Waals surface area contributed by atoms with E-state index in [0.29, 0.717) is 17.8 Å². The quantitative estimate of drug-likeness (QED) is 0.266. The van der Waals surface area contributed by atoms with Crippen molar-refractivity contribution >= 4 is 11.7 Å². The Morgan fingerprint density at radius 3 is 2.35 bits per heavy atom. The van der Waals surface area contributed by atoms with E-state index in [1.165, 1.54) is 94.6 Å². The third-order valence-electron chi connectivity index (χ3n) is 13.4. The van der Waals surface area contributed by atoms with Crippen molar-refractivity contribution < 1.29 is 0 Å². The Bertz CT molecular complexity index is 1870. The second-order valence-corrected chi connectivity index (χ2v) is 16.5. The summed E-state index contributed by atoms with van der Waals surface area (Å²) in [7, 11) is 0. The summed E-state index contributed by atoms with van der Waals surface area (Å²) in [6.45, 7) is 0. The normalized spacial score (nSPS) is 33.1. The van der Waals surface area contributed by atoms with Crippen molar-refractivity contribution in [2.45, 2.75) is 115 Å². The molecule has 0 aromatic heterocycles. The summed E-state index contributed by atoms with van der Waals surface area (Å²) in [6.07, 6.45) is 59.4. The van der Waals surface area contributed by atoms with E-state index in [4.69, 9.17) is 9.98 Å². The molecule has 0 spiro atoms. The third kappa shape index (κ3) is 7.17. The van der Waals surface area contributed by atoms with Crippen LogP contribution in [0.1, 0.15) is 109 Å². The Morgan fingerprint density at radius 2 is 1.58 bits per heavy atom. The molecule has 1 N–H and O–H groups in total. The third-order valence-corrected chi connectivity index (χ3v) is 13.4. The van der Waals surface area contributed by atoms with Crippen molar-refractivity contribution in [1.29, 1.82) is 0 Å². The van der Waals surface area contributed by atoms with E-state index in [-0.39, 0.29) is 6.17 Å². The van der Waals surface area contributed by atoms with Crippen LogP contribution in [0, 0.1) is 29.6 Å². The zero-order valence-corrected chi connectivity index (χ0v) is 31.1. The average Bonchev–Trinajstić information content (AvgIpc) is 3.24. The first-order chi connectivity index (χ1) is 25.8. The van der Waals surface area contributed by atoms with Crippen LogP contribution in [-0.2, 0) is 0 Å². The van der Waals surface area contributed by atoms with E-state index in [0.717, 1.165) is 49.2 Å². The zero-order chi connectivity index (χ0) is 34.7. The highest BCUT2D eigenvalue weighted by atomic mass is 15.2. The first kappa shape index (κ1) is 33.8. The first-order valence-electron chi connectivity index (χ1n) is 21.0. The lowest BCUT2D eigenvalue weighted by atomic mass is 9.66. The molecule has 3 heteroatoms. The minimum absolute atomic E-state index is 0.0821. The summed E-state index contributed by atoms with van der Waals surface area (Å²) in [4.78, 5) is 10.3. The van der Waals surface area contributed by atoms with Crippen LogP contribution in [0.5, 0.6) is 0 Å². The number of aliphatic imine (C=N–C) groups is 2. The van der Waals surface area contributed by atoms with E-state index < -0.39 is 0 Å². The summed E-state index contributed by atoms with van der Waals surface area (Å²) >= 11 is 0. The predicted octanol–water partition coefficient (Wildman–Crippen LogP) is 12.2. The molecule has 0 saturated carbocycles. The molecule has 0 aromatic carbocycles. The fourth-order valence-electron chi connectivity index (χ4n) is 10.4. The van der Waals surface area contributed by atoms with Crippen LogP contribution in [-0.4, -0.2) is 17.8 Å². The van der Waals surface area contributed by atoms with Gasteiger partial charge in [0.1, 0.15) is 12.0 Å². The topological polar surface area (TPSA) is 36.8 Å². The molecular formula is C49H57N3. The molecule has 1 aliphatic heterocycles. The Labute approximate surface area is 312 Å². The van der Waals surface area contributed by atoms with Crippen molar-refractivity contribution in [3.63, 3.8) is 0 Å². The highest BCUT2D eigenvalue weighted by Gasteiger charge is 2.35. The van der Waals surface area contributed by atoms with Crippen LogP contribution in [0.4, 0.5) is 0 Å². The van der Waals surface area contributed by atoms with E-state index >= 15 is 0 Å². The van der Waals surface area contributed by atoms with Gasteiger partial charge in [0, 0.05) is 17.4 Å². The van der Waals surface area contributed by atoms with Gasteiger partial charge >= 0.3 is 0 Å². The van der Waals surface area contributed by atoms with Gasteiger partial charge in [0.15, 0.2) is 5.84 Å². The number of allylic oxidation sites excluding steroid dienone is 19. The molecule has 268 valence electrons. The Balaban J connectivity index is 0.875. The highest BCUT2D eigenvalue weighted by molar-refractivity contribution is 6.10. The molecule has 0 radical (unpaired) electrons. The van der Waals surface area contributed by atoms with Gasteiger partial charge in [-0.05, 0) is 160 Å². The van der Waals surface area contributed by atoms with Crippen molar-refractivity contribution in [1.82, 2.24) is 5.32 Å². The van der Waals surface area contributed by atoms with E-state index in [1.54, 1.807) is 33.4 Å². The molecular weight excluding hydrogens is 631 g/mol. The van der Waals surface area contributed by atoms with Crippen LogP contribution in [0.3, 0.4) is 0 Å². The molecule has 9 aliphatic rings. The number of hydrogen-bond acceptors (Lipinski definition) is 3. The molecule has 6 atom stereocenters. The van der Waals surface area contributed by atoms with Gasteiger partial charge in [-0.25, -0.2) is 9.98 Å². The molecule has 3 nitrogen and oxygen atoms in total. The Hall–Kier alpha value is -3.98. The van der Waals surface area contributed by atoms with Crippen molar-refractivity contribution in [2.24, 2.45) is 39.6 Å². The summed E-state index contributed by atoms with van der Waals surface area (Å²) in [5, 5.41) is 3.78. The standard InChI is InChI=1S/C49H57N3/c1-4-12-34(13-5-1)35-20-22-36(23-21-35)37-24-26-38(27-25-37)43-32-33-44(46-19-11-10-18-45(43)46)39-28-30-42(31-29-39)49-51-47(40-14-6-2-7-15-40)50-48(52-49)41-16-8-3-9-17-41/h1,4,6,8,14-16,18-20,22,24,28,30-31,33-34,38-39,41,43,49H,2-3,5,7,9-13,17,21,23,25-27,29,32H2,(H,50,51,52). The van der Waals surface area contributed by atoms with Crippen LogP contribution in [0.15, 0.2) is 152 Å². The molecule has 52 heavy (non-hydrogen) atoms. The first-order valence-corrected chi connectivity index (χ1v) is 21.0. The molecule has 0 amide bonds. The van der Waals surface area contributed by atoms with Gasteiger partial charge in [-0.3, -0.25) is 0 Å². The van der Waals surface area contributed by atoms with Gasteiger partial charge in [0.05, 0.1) is 0 Å². The number of hydrogen-bond donors (Lipinski definition) is 1. The van der Waals surface area contributed by atoms with Crippen LogP contribution < -0.4 is 5.32 Å². The zero-order valence-electron chi connectivity index (χ0n) is 31.1. The maximum atomic E-state index is 5.20. The van der Waals surface area contributed by atoms with Gasteiger partial charge < -0.3 is 5.32 Å². The second kappa shape index (κ2) is 15.6. The summed E-state index contributed by atoms with van der Waals surface area (Å²) in [5.74, 6) is 4.96. The number of rotatable bonds is 7. The smallest absolute Gasteiger partial charge is 0.158 e. The van der Waals surface area contributed by atoms with E-state index in [1.807, 2.05) is 0 Å². The number of fused-ring (bicyclic) bond motifs is 1. The number of nitrogens with one attached hydrogen (secondary N) is 1. The summed E-state index contributed by atoms with van der Waals surface area (Å²) < 4.78 is 0. The molecule has 9 rings (SSSR count). The molecule has 0 fully saturated rings. The van der Waals surface area contributed by atoms with Gasteiger partial charge in [0.25, 0.3) is 0 Å². The average molecular weight is 688 g/mol. The predicted molar refractivity (Wildman–Crippen MR) is 219 cm³/mol. The van der Waals surface area contributed by atoms with Gasteiger partial charge in [-0.2, -0.15) is 0 Å². The molecule has 8 aliphatic carbocycles. The van der Waals surface area contributed by atoms with Gasteiger partial charge in [0.2, 0.25) is 0 Å². The molecule has 0 aromatic rings. The minimum atomic E-state index is -0.0821. The van der Waals surface area contributed by atoms with Crippen LogP contribution >= 0.6 is 0 Å². The van der Waals surface area contributed by atoms with Crippen LogP contribution in [0.2, 0.25) is 0 Å². The molecule has 1 heterocycles. The fourth-order valence-corrected chi connectivity index (χ4v) is 10.4. The maximum absolute atomic E-state index is 5.20. The van der Waals surface area contributed by atoms with E-state index in [2.05, 4.69) is 103 Å². The number of amidine groups is 2. The largest absolute Gasteiger partial charge is 0.348 e. The maximum Gasteiger partial charge on any atom is 0.158 e. The second-order valence-electron chi connectivity index (χ2n) is 16.5. The lowest BCUT2D eigenvalue weighted by Gasteiger charge is -2.39. The molecule has 6 unspecified atom stereocenters. The lowest BCUT2D eigenvalue weighted by molar-refractivity contribution is 0.343. The van der Waals surface area contributed by atoms with Gasteiger partial charge in [-0.15, -0.1) is 0 Å².